The number of sulfonamides is 1. The Hall–Kier alpha value is -4.18. The van der Waals surface area contributed by atoms with Gasteiger partial charge in [-0.1, -0.05) is 59.6 Å². The molecule has 4 rings (SSSR count). The molecule has 0 spiro atoms. The van der Waals surface area contributed by atoms with Crippen molar-refractivity contribution in [1.29, 1.82) is 0 Å². The van der Waals surface area contributed by atoms with Crippen molar-refractivity contribution in [3.8, 4) is 0 Å². The summed E-state index contributed by atoms with van der Waals surface area (Å²) in [6.07, 6.45) is 1.11. The van der Waals surface area contributed by atoms with Crippen molar-refractivity contribution in [3.05, 3.63) is 129 Å². The minimum absolute atomic E-state index is 0.0478. The lowest BCUT2D eigenvalue weighted by Gasteiger charge is -2.23. The van der Waals surface area contributed by atoms with Crippen molar-refractivity contribution in [2.45, 2.75) is 13.5 Å². The van der Waals surface area contributed by atoms with Gasteiger partial charge < -0.3 is 5.32 Å². The van der Waals surface area contributed by atoms with Gasteiger partial charge in [0.15, 0.2) is 0 Å². The van der Waals surface area contributed by atoms with E-state index in [0.717, 1.165) is 6.26 Å². The Kier molecular flexibility index (Phi) is 9.44. The van der Waals surface area contributed by atoms with E-state index in [2.05, 4.69) is 15.8 Å². The first kappa shape index (κ1) is 29.8. The van der Waals surface area contributed by atoms with Crippen molar-refractivity contribution in [1.82, 2.24) is 5.43 Å². The maximum absolute atomic E-state index is 12.8. The Morgan fingerprint density at radius 2 is 1.49 bits per heavy atom. The molecule has 0 saturated heterocycles. The number of hydrazone groups is 1. The van der Waals surface area contributed by atoms with Crippen LogP contribution in [0.1, 0.15) is 38.8 Å². The van der Waals surface area contributed by atoms with Crippen molar-refractivity contribution in [2.75, 3.05) is 15.9 Å². The Balaban J connectivity index is 1.43. The number of carbonyl (C=O) groups is 2. The van der Waals surface area contributed by atoms with E-state index < -0.39 is 15.9 Å². The molecule has 0 unspecified atom stereocenters. The topological polar surface area (TPSA) is 108 Å². The van der Waals surface area contributed by atoms with E-state index in [4.69, 9.17) is 23.2 Å². The molecule has 0 aliphatic heterocycles. The van der Waals surface area contributed by atoms with Crippen LogP contribution in [0.25, 0.3) is 0 Å². The van der Waals surface area contributed by atoms with E-state index in [0.29, 0.717) is 49.4 Å². The minimum atomic E-state index is -3.63. The van der Waals surface area contributed by atoms with E-state index >= 15 is 0 Å². The van der Waals surface area contributed by atoms with E-state index in [1.807, 2.05) is 0 Å². The molecule has 0 radical (unpaired) electrons. The first-order valence-electron chi connectivity index (χ1n) is 12.3. The van der Waals surface area contributed by atoms with Crippen LogP contribution in [0.15, 0.2) is 102 Å². The van der Waals surface area contributed by atoms with Crippen LogP contribution in [0, 0.1) is 0 Å². The zero-order chi connectivity index (χ0) is 29.6. The lowest BCUT2D eigenvalue weighted by molar-refractivity contribution is 0.0954. The Labute approximate surface area is 248 Å². The number of carbonyl (C=O) groups excluding carboxylic acids is 2. The number of benzene rings is 4. The fourth-order valence-corrected chi connectivity index (χ4v) is 5.14. The molecule has 0 fully saturated rings. The van der Waals surface area contributed by atoms with Gasteiger partial charge in [-0.05, 0) is 78.7 Å². The van der Waals surface area contributed by atoms with Crippen molar-refractivity contribution in [2.24, 2.45) is 5.10 Å². The molecule has 4 aromatic carbocycles. The first-order chi connectivity index (χ1) is 19.5. The van der Waals surface area contributed by atoms with Gasteiger partial charge >= 0.3 is 0 Å². The highest BCUT2D eigenvalue weighted by molar-refractivity contribution is 7.92. The predicted molar refractivity (Wildman–Crippen MR) is 164 cm³/mol. The second kappa shape index (κ2) is 13.0. The number of nitrogens with zero attached hydrogens (tertiary/aromatic N) is 2. The highest BCUT2D eigenvalue weighted by atomic mass is 35.5. The molecule has 0 aliphatic rings. The van der Waals surface area contributed by atoms with Crippen molar-refractivity contribution < 1.29 is 18.0 Å². The average Bonchev–Trinajstić information content (AvgIpc) is 2.95. The summed E-state index contributed by atoms with van der Waals surface area (Å²) < 4.78 is 26.2. The number of hydrogen-bond donors (Lipinski definition) is 2. The molecule has 0 aromatic heterocycles. The van der Waals surface area contributed by atoms with E-state index in [9.17, 15) is 18.0 Å². The maximum Gasteiger partial charge on any atom is 0.271 e. The van der Waals surface area contributed by atoms with Crippen LogP contribution in [0.5, 0.6) is 0 Å². The number of anilines is 2. The van der Waals surface area contributed by atoms with Gasteiger partial charge in [-0.3, -0.25) is 13.9 Å². The number of amides is 2. The molecule has 0 saturated carbocycles. The zero-order valence-corrected chi connectivity index (χ0v) is 24.5. The second-order valence-corrected chi connectivity index (χ2v) is 11.8. The molecule has 0 atom stereocenters. The summed E-state index contributed by atoms with van der Waals surface area (Å²) in [6.45, 7) is 1.77. The lowest BCUT2D eigenvalue weighted by Crippen LogP contribution is -2.29. The standard InChI is InChI=1S/C30H26Cl2N4O4S/c1-20(22-8-6-11-26(18-22)33-29(37)23-9-5-10-25(31)17-23)34-35-30(38)21-13-15-27(16-14-21)36(41(2,39)40)19-24-7-3-4-12-28(24)32/h3-18H,19H2,1-2H3,(H,33,37)(H,35,38). The Morgan fingerprint density at radius 1 is 0.805 bits per heavy atom. The highest BCUT2D eigenvalue weighted by Crippen LogP contribution is 2.24. The van der Waals surface area contributed by atoms with Gasteiger partial charge in [-0.15, -0.1) is 0 Å². The average molecular weight is 610 g/mol. The third-order valence-corrected chi connectivity index (χ3v) is 7.78. The molecular formula is C30H26Cl2N4O4S. The summed E-state index contributed by atoms with van der Waals surface area (Å²) in [7, 11) is -3.63. The van der Waals surface area contributed by atoms with Crippen LogP contribution in [0.2, 0.25) is 10.0 Å². The zero-order valence-electron chi connectivity index (χ0n) is 22.1. The molecule has 11 heteroatoms. The van der Waals surface area contributed by atoms with E-state index in [-0.39, 0.29) is 12.5 Å². The number of halogens is 2. The van der Waals surface area contributed by atoms with Gasteiger partial charge in [0.25, 0.3) is 11.8 Å². The Morgan fingerprint density at radius 3 is 2.17 bits per heavy atom. The van der Waals surface area contributed by atoms with Gasteiger partial charge in [0.05, 0.1) is 24.2 Å². The quantitative estimate of drug-likeness (QED) is 0.170. The molecule has 41 heavy (non-hydrogen) atoms. The van der Waals surface area contributed by atoms with E-state index in [1.165, 1.54) is 16.4 Å². The maximum atomic E-state index is 12.8. The largest absolute Gasteiger partial charge is 0.322 e. The smallest absolute Gasteiger partial charge is 0.271 e. The first-order valence-corrected chi connectivity index (χ1v) is 14.9. The monoisotopic (exact) mass is 608 g/mol. The second-order valence-electron chi connectivity index (χ2n) is 9.09. The van der Waals surface area contributed by atoms with Crippen LogP contribution in [-0.4, -0.2) is 32.2 Å². The molecule has 0 bridgehead atoms. The van der Waals surface area contributed by atoms with Gasteiger partial charge in [-0.2, -0.15) is 5.10 Å². The van der Waals surface area contributed by atoms with Gasteiger partial charge in [0.1, 0.15) is 0 Å². The summed E-state index contributed by atoms with van der Waals surface area (Å²) in [5, 5.41) is 7.93. The van der Waals surface area contributed by atoms with Crippen LogP contribution in [0.4, 0.5) is 11.4 Å². The third-order valence-electron chi connectivity index (χ3n) is 6.04. The molecule has 2 amide bonds. The summed E-state index contributed by atoms with van der Waals surface area (Å²) in [6, 6.07) is 26.8. The van der Waals surface area contributed by atoms with Crippen LogP contribution in [0.3, 0.4) is 0 Å². The molecular weight excluding hydrogens is 583 g/mol. The lowest BCUT2D eigenvalue weighted by atomic mass is 10.1. The van der Waals surface area contributed by atoms with Gasteiger partial charge in [0, 0.05) is 26.9 Å². The van der Waals surface area contributed by atoms with Crippen molar-refractivity contribution >= 4 is 62.1 Å². The SMILES string of the molecule is CC(=NNC(=O)c1ccc(N(Cc2ccccc2Cl)S(C)(=O)=O)cc1)c1cccc(NC(=O)c2cccc(Cl)c2)c1. The highest BCUT2D eigenvalue weighted by Gasteiger charge is 2.19. The minimum Gasteiger partial charge on any atom is -0.322 e. The van der Waals surface area contributed by atoms with Crippen LogP contribution < -0.4 is 15.0 Å². The Bertz CT molecular complexity index is 1720. The van der Waals surface area contributed by atoms with E-state index in [1.54, 1.807) is 91.9 Å². The predicted octanol–water partition coefficient (Wildman–Crippen LogP) is 6.37. The normalized spacial score (nSPS) is 11.6. The fraction of sp³-hybridized carbons (Fsp3) is 0.100. The molecule has 4 aromatic rings. The fourth-order valence-electron chi connectivity index (χ4n) is 3.88. The third kappa shape index (κ3) is 7.94. The van der Waals surface area contributed by atoms with Gasteiger partial charge in [-0.25, -0.2) is 13.8 Å². The molecule has 0 heterocycles. The number of hydrogen-bond acceptors (Lipinski definition) is 5. The summed E-state index contributed by atoms with van der Waals surface area (Å²) >= 11 is 12.2. The molecule has 0 aliphatic carbocycles. The van der Waals surface area contributed by atoms with Crippen LogP contribution >= 0.6 is 23.2 Å². The molecule has 8 nitrogen and oxygen atoms in total. The summed E-state index contributed by atoms with van der Waals surface area (Å²) in [5.74, 6) is -0.782. The van der Waals surface area contributed by atoms with Crippen LogP contribution in [-0.2, 0) is 16.6 Å². The van der Waals surface area contributed by atoms with Gasteiger partial charge in [0.2, 0.25) is 10.0 Å². The molecule has 210 valence electrons. The summed E-state index contributed by atoms with van der Waals surface area (Å²) in [5.41, 5.74) is 6.02. The number of nitrogens with one attached hydrogen (secondary N) is 2. The molecule has 2 N–H and O–H groups in total. The number of rotatable bonds is 9. The van der Waals surface area contributed by atoms with Crippen molar-refractivity contribution in [3.63, 3.8) is 0 Å². The summed E-state index contributed by atoms with van der Waals surface area (Å²) in [4.78, 5) is 25.3.